The van der Waals surface area contributed by atoms with Crippen molar-refractivity contribution in [3.8, 4) is 0 Å². The minimum absolute atomic E-state index is 0.0206. The van der Waals surface area contributed by atoms with E-state index in [1.54, 1.807) is 13.8 Å². The van der Waals surface area contributed by atoms with Crippen molar-refractivity contribution in [1.82, 2.24) is 0 Å². The van der Waals surface area contributed by atoms with Gasteiger partial charge in [0.1, 0.15) is 48.8 Å². The first-order valence-corrected chi connectivity index (χ1v) is 21.8. The molecule has 6 rings (SSSR count). The van der Waals surface area contributed by atoms with Crippen LogP contribution in [0.25, 0.3) is 0 Å². The van der Waals surface area contributed by atoms with Crippen LogP contribution in [0.5, 0.6) is 0 Å². The van der Waals surface area contributed by atoms with E-state index in [2.05, 4.69) is 0 Å². The lowest BCUT2D eigenvalue weighted by molar-refractivity contribution is -0.342. The van der Waals surface area contributed by atoms with Gasteiger partial charge >= 0.3 is 11.9 Å². The standard InChI is InChI=1S/C42H66O20/c1-17(13-55-37(53)23-15-57-39(29-19(3)25(45)9-21(23)29)61-41-35(51)33(49)31(47)27(11-43)59-41)7-5-6-8-18(2)14-56-38(54)24-16-58-40(30-20(4)26(46)10-22(24)30)62-42-36(52)34(50)32(48)28(12-44)60-42/h15-22,25-36,39-52H,5-14H2,1-4H3. The Labute approximate surface area is 359 Å². The molecule has 22 unspecified atom stereocenters. The van der Waals surface area contributed by atoms with E-state index in [0.29, 0.717) is 0 Å². The number of esters is 2. The maximum atomic E-state index is 13.3. The fraction of sp³-hybridized carbons (Fsp3) is 0.857. The van der Waals surface area contributed by atoms with E-state index in [-0.39, 0.29) is 60.9 Å². The Bertz CT molecular complexity index is 1450. The van der Waals surface area contributed by atoms with Crippen molar-refractivity contribution in [3.63, 3.8) is 0 Å². The average Bonchev–Trinajstić information content (AvgIpc) is 3.73. The predicted molar refractivity (Wildman–Crippen MR) is 208 cm³/mol. The quantitative estimate of drug-likeness (QED) is 0.0574. The van der Waals surface area contributed by atoms with Crippen LogP contribution < -0.4 is 0 Å². The van der Waals surface area contributed by atoms with Gasteiger partial charge in [0.15, 0.2) is 12.6 Å². The number of fused-ring (bicyclic) bond motifs is 2. The summed E-state index contributed by atoms with van der Waals surface area (Å²) in [7, 11) is 0. The Balaban J connectivity index is 0.920. The molecule has 0 aromatic rings. The molecule has 2 aliphatic carbocycles. The molecule has 4 heterocycles. The van der Waals surface area contributed by atoms with E-state index in [4.69, 9.17) is 37.9 Å². The Hall–Kier alpha value is -2.54. The summed E-state index contributed by atoms with van der Waals surface area (Å²) in [5.41, 5.74) is 0.488. The van der Waals surface area contributed by atoms with E-state index in [9.17, 15) is 60.7 Å². The third-order valence-electron chi connectivity index (χ3n) is 13.8. The van der Waals surface area contributed by atoms with Gasteiger partial charge in [-0.15, -0.1) is 0 Å². The second-order valence-corrected chi connectivity index (χ2v) is 18.2. The lowest BCUT2D eigenvalue weighted by Crippen LogP contribution is -2.60. The molecule has 6 aliphatic rings. The van der Waals surface area contributed by atoms with Gasteiger partial charge in [-0.2, -0.15) is 0 Å². The van der Waals surface area contributed by atoms with Crippen molar-refractivity contribution >= 4 is 11.9 Å². The summed E-state index contributed by atoms with van der Waals surface area (Å²) in [5.74, 6) is -3.94. The second-order valence-electron chi connectivity index (χ2n) is 18.2. The normalized spacial score (nSPS) is 43.8. The number of carbonyl (C=O) groups is 2. The maximum Gasteiger partial charge on any atom is 0.337 e. The minimum Gasteiger partial charge on any atom is -0.472 e. The molecule has 4 aliphatic heterocycles. The van der Waals surface area contributed by atoms with Crippen LogP contribution in [0.1, 0.15) is 66.2 Å². The number of hydrogen-bond acceptors (Lipinski definition) is 20. The topological polar surface area (TPSA) is 310 Å². The monoisotopic (exact) mass is 890 g/mol. The maximum absolute atomic E-state index is 13.3. The van der Waals surface area contributed by atoms with Gasteiger partial charge in [0.05, 0.1) is 62.3 Å². The highest BCUT2D eigenvalue weighted by Crippen LogP contribution is 2.49. The molecule has 0 radical (unpaired) electrons. The molecule has 20 heteroatoms. The van der Waals surface area contributed by atoms with Gasteiger partial charge in [0, 0.05) is 23.7 Å². The number of carbonyl (C=O) groups excluding carboxylic acids is 2. The lowest BCUT2D eigenvalue weighted by atomic mass is 9.83. The summed E-state index contributed by atoms with van der Waals surface area (Å²) in [6, 6.07) is 0. The van der Waals surface area contributed by atoms with Gasteiger partial charge in [-0.25, -0.2) is 9.59 Å². The van der Waals surface area contributed by atoms with E-state index in [0.717, 1.165) is 25.7 Å². The average molecular weight is 891 g/mol. The second kappa shape index (κ2) is 21.2. The Morgan fingerprint density at radius 3 is 1.32 bits per heavy atom. The Morgan fingerprint density at radius 1 is 0.597 bits per heavy atom. The van der Waals surface area contributed by atoms with Crippen molar-refractivity contribution in [1.29, 1.82) is 0 Å². The van der Waals surface area contributed by atoms with Crippen molar-refractivity contribution in [2.45, 2.75) is 152 Å². The number of ether oxygens (including phenoxy) is 8. The fourth-order valence-corrected chi connectivity index (χ4v) is 9.71. The first kappa shape index (κ1) is 48.9. The molecule has 0 spiro atoms. The van der Waals surface area contributed by atoms with Crippen LogP contribution >= 0.6 is 0 Å². The highest BCUT2D eigenvalue weighted by Gasteiger charge is 2.55. The smallest absolute Gasteiger partial charge is 0.337 e. The highest BCUT2D eigenvalue weighted by atomic mass is 16.8. The van der Waals surface area contributed by atoms with E-state index >= 15 is 0 Å². The molecule has 0 amide bonds. The van der Waals surface area contributed by atoms with Gasteiger partial charge in [-0.1, -0.05) is 40.5 Å². The van der Waals surface area contributed by atoms with Crippen LogP contribution in [0.15, 0.2) is 23.7 Å². The fourth-order valence-electron chi connectivity index (χ4n) is 9.71. The van der Waals surface area contributed by atoms with Crippen LogP contribution in [-0.2, 0) is 47.5 Å². The zero-order chi connectivity index (χ0) is 45.2. The summed E-state index contributed by atoms with van der Waals surface area (Å²) in [4.78, 5) is 26.6. The molecule has 4 fully saturated rings. The molecular formula is C42H66O20. The summed E-state index contributed by atoms with van der Waals surface area (Å²) < 4.78 is 45.7. The zero-order valence-electron chi connectivity index (χ0n) is 35.5. The third kappa shape index (κ3) is 10.4. The molecule has 354 valence electrons. The van der Waals surface area contributed by atoms with Crippen LogP contribution in [0.2, 0.25) is 0 Å². The van der Waals surface area contributed by atoms with Crippen molar-refractivity contribution in [2.75, 3.05) is 26.4 Å². The van der Waals surface area contributed by atoms with E-state index in [1.807, 2.05) is 13.8 Å². The number of unbranched alkanes of at least 4 members (excludes halogenated alkanes) is 1. The number of aliphatic hydroxyl groups excluding tert-OH is 10. The van der Waals surface area contributed by atoms with Crippen molar-refractivity contribution in [3.05, 3.63) is 23.7 Å². The minimum atomic E-state index is -1.65. The highest BCUT2D eigenvalue weighted by molar-refractivity contribution is 5.89. The van der Waals surface area contributed by atoms with E-state index < -0.39 is 135 Å². The van der Waals surface area contributed by atoms with E-state index in [1.165, 1.54) is 12.5 Å². The molecule has 10 N–H and O–H groups in total. The number of hydrogen-bond donors (Lipinski definition) is 10. The van der Waals surface area contributed by atoms with Crippen LogP contribution in [0, 0.1) is 47.3 Å². The van der Waals surface area contributed by atoms with Crippen LogP contribution in [0.3, 0.4) is 0 Å². The molecule has 62 heavy (non-hydrogen) atoms. The van der Waals surface area contributed by atoms with Gasteiger partial charge in [0.2, 0.25) is 12.6 Å². The van der Waals surface area contributed by atoms with Crippen LogP contribution in [0.4, 0.5) is 0 Å². The Kier molecular flexibility index (Phi) is 16.7. The van der Waals surface area contributed by atoms with Crippen molar-refractivity contribution < 1.29 is 98.5 Å². The van der Waals surface area contributed by atoms with Gasteiger partial charge in [0.25, 0.3) is 0 Å². The summed E-state index contributed by atoms with van der Waals surface area (Å²) in [5, 5.41) is 102. The molecular weight excluding hydrogens is 824 g/mol. The lowest BCUT2D eigenvalue weighted by Gasteiger charge is -2.43. The SMILES string of the molecule is CC(CCCCC(C)COC(=O)C1=COC(OC2OC(CO)C(O)C(O)C2O)C2C1CC(O)C2C)COC(=O)C1=COC(OC2OC(CO)C(O)C(O)C2O)C2C1CC(O)C2C. The number of rotatable bonds is 17. The third-order valence-corrected chi connectivity index (χ3v) is 13.8. The largest absolute Gasteiger partial charge is 0.472 e. The van der Waals surface area contributed by atoms with Gasteiger partial charge in [-0.05, 0) is 49.4 Å². The van der Waals surface area contributed by atoms with Crippen molar-refractivity contribution in [2.24, 2.45) is 47.3 Å². The molecule has 0 aromatic heterocycles. The molecule has 0 aromatic carbocycles. The molecule has 2 saturated heterocycles. The number of aliphatic hydroxyl groups is 10. The predicted octanol–water partition coefficient (Wildman–Crippen LogP) is -1.71. The van der Waals surface area contributed by atoms with Gasteiger partial charge in [-0.3, -0.25) is 0 Å². The molecule has 2 saturated carbocycles. The van der Waals surface area contributed by atoms with Crippen LogP contribution in [-0.4, -0.2) is 176 Å². The molecule has 22 atom stereocenters. The summed E-state index contributed by atoms with van der Waals surface area (Å²) >= 11 is 0. The Morgan fingerprint density at radius 2 is 0.968 bits per heavy atom. The zero-order valence-corrected chi connectivity index (χ0v) is 35.5. The summed E-state index contributed by atoms with van der Waals surface area (Å²) in [6.07, 6.45) is -12.6. The summed E-state index contributed by atoms with van der Waals surface area (Å²) in [6.45, 7) is 6.53. The molecule has 20 nitrogen and oxygen atoms in total. The first-order valence-electron chi connectivity index (χ1n) is 21.8. The molecule has 0 bridgehead atoms. The van der Waals surface area contributed by atoms with Gasteiger partial charge < -0.3 is 89.0 Å². The first-order chi connectivity index (χ1) is 29.5.